The smallest absolute Gasteiger partial charge is 0.244 e. The van der Waals surface area contributed by atoms with E-state index in [-0.39, 0.29) is 15.5 Å². The van der Waals surface area contributed by atoms with Crippen molar-refractivity contribution >= 4 is 24.1 Å². The third kappa shape index (κ3) is 9.62. The van der Waals surface area contributed by atoms with Crippen LogP contribution in [0.1, 0.15) is 125 Å². The number of thioether (sulfide) groups is 1. The van der Waals surface area contributed by atoms with Crippen LogP contribution in [0.15, 0.2) is 0 Å². The van der Waals surface area contributed by atoms with Gasteiger partial charge in [-0.1, -0.05) is 90.4 Å². The van der Waals surface area contributed by atoms with Crippen LogP contribution in [0, 0.1) is 0 Å². The summed E-state index contributed by atoms with van der Waals surface area (Å²) in [5.41, 5.74) is 0. The molecule has 0 aliphatic carbocycles. The van der Waals surface area contributed by atoms with Crippen molar-refractivity contribution in [2.45, 2.75) is 140 Å². The Morgan fingerprint density at radius 2 is 1.27 bits per heavy atom. The first-order valence-electron chi connectivity index (χ1n) is 12.5. The van der Waals surface area contributed by atoms with E-state index in [1.807, 2.05) is 13.8 Å². The minimum atomic E-state index is -0.401. The predicted octanol–water partition coefficient (Wildman–Crippen LogP) is 6.67. The molecule has 5 heteroatoms. The largest absolute Gasteiger partial charge is 0.354 e. The van der Waals surface area contributed by atoms with E-state index in [1.54, 1.807) is 16.7 Å². The maximum absolute atomic E-state index is 12.7. The quantitative estimate of drug-likeness (QED) is 0.203. The molecule has 1 rings (SSSR count). The summed E-state index contributed by atoms with van der Waals surface area (Å²) in [6.45, 7) is 11.1. The van der Waals surface area contributed by atoms with E-state index < -0.39 is 6.04 Å². The lowest BCUT2D eigenvalue weighted by molar-refractivity contribution is -0.135. The summed E-state index contributed by atoms with van der Waals surface area (Å²) in [5.74, 6) is -0.0140. The first kappa shape index (κ1) is 27.3. The van der Waals surface area contributed by atoms with Crippen molar-refractivity contribution < 1.29 is 9.59 Å². The molecule has 1 N–H and O–H groups in total. The Balaban J connectivity index is 2.03. The Hall–Kier alpha value is -0.710. The lowest BCUT2D eigenvalue weighted by atomic mass is 10.00. The number of hydrogen-bond acceptors (Lipinski definition) is 3. The van der Waals surface area contributed by atoms with Crippen LogP contribution >= 0.6 is 11.8 Å². The monoisotopic (exact) mass is 440 g/mol. The summed E-state index contributed by atoms with van der Waals surface area (Å²) in [6.07, 6.45) is 19.5. The average Bonchev–Trinajstić information content (AvgIpc) is 2.87. The molecule has 0 bridgehead atoms. The summed E-state index contributed by atoms with van der Waals surface area (Å²) < 4.78 is -0.274. The minimum Gasteiger partial charge on any atom is -0.354 e. The highest BCUT2D eigenvalue weighted by Gasteiger charge is 2.54. The molecular formula is C25H48N2O2S. The van der Waals surface area contributed by atoms with Gasteiger partial charge in [0, 0.05) is 11.3 Å². The second-order valence-electron chi connectivity index (χ2n) is 9.95. The Morgan fingerprint density at radius 3 is 1.70 bits per heavy atom. The number of unbranched alkanes of at least 4 members (excludes halogenated alkanes) is 13. The molecule has 0 spiro atoms. The Morgan fingerprint density at radius 1 is 0.833 bits per heavy atom. The van der Waals surface area contributed by atoms with Gasteiger partial charge in [-0.2, -0.15) is 0 Å². The van der Waals surface area contributed by atoms with Crippen LogP contribution < -0.4 is 5.32 Å². The van der Waals surface area contributed by atoms with Crippen LogP contribution in [0.25, 0.3) is 0 Å². The highest BCUT2D eigenvalue weighted by atomic mass is 32.2. The Labute approximate surface area is 190 Å². The second-order valence-corrected chi connectivity index (χ2v) is 12.2. The van der Waals surface area contributed by atoms with Gasteiger partial charge in [-0.3, -0.25) is 9.59 Å². The van der Waals surface area contributed by atoms with Crippen LogP contribution in [0.3, 0.4) is 0 Å². The van der Waals surface area contributed by atoms with Gasteiger partial charge in [0.1, 0.15) is 6.04 Å². The highest BCUT2D eigenvalue weighted by molar-refractivity contribution is 8.02. The number of nitrogens with zero attached hydrogens (tertiary/aromatic N) is 1. The first-order valence-corrected chi connectivity index (χ1v) is 13.3. The van der Waals surface area contributed by atoms with Crippen LogP contribution in [0.2, 0.25) is 0 Å². The fraction of sp³-hybridized carbons (Fsp3) is 0.920. The van der Waals surface area contributed by atoms with E-state index in [2.05, 4.69) is 26.1 Å². The molecule has 30 heavy (non-hydrogen) atoms. The summed E-state index contributed by atoms with van der Waals surface area (Å²) in [7, 11) is 0. The number of carbonyl (C=O) groups excluding carboxylic acids is 2. The van der Waals surface area contributed by atoms with E-state index in [9.17, 15) is 9.59 Å². The van der Waals surface area contributed by atoms with E-state index in [0.29, 0.717) is 6.54 Å². The van der Waals surface area contributed by atoms with Gasteiger partial charge in [0.25, 0.3) is 0 Å². The number of rotatable bonds is 17. The fourth-order valence-corrected chi connectivity index (χ4v) is 6.53. The molecule has 176 valence electrons. The molecule has 0 aromatic heterocycles. The SMILES string of the molecule is CCCCCCCCCCCCCCCCNC(=O)C1N(C=O)C(C)(C)SC1(C)C. The van der Waals surface area contributed by atoms with Gasteiger partial charge >= 0.3 is 0 Å². The maximum atomic E-state index is 12.7. The summed E-state index contributed by atoms with van der Waals surface area (Å²) in [6, 6.07) is -0.401. The van der Waals surface area contributed by atoms with Crippen molar-refractivity contribution in [2.75, 3.05) is 6.54 Å². The first-order chi connectivity index (χ1) is 14.3. The summed E-state index contributed by atoms with van der Waals surface area (Å²) >= 11 is 1.69. The van der Waals surface area contributed by atoms with Crippen molar-refractivity contribution in [1.82, 2.24) is 10.2 Å². The molecule has 1 saturated heterocycles. The van der Waals surface area contributed by atoms with Crippen molar-refractivity contribution in [3.05, 3.63) is 0 Å². The molecular weight excluding hydrogens is 392 g/mol. The molecule has 0 aromatic rings. The molecule has 1 fully saturated rings. The molecule has 1 aliphatic rings. The van der Waals surface area contributed by atoms with Crippen molar-refractivity contribution in [1.29, 1.82) is 0 Å². The third-order valence-electron chi connectivity index (χ3n) is 6.26. The zero-order valence-electron chi connectivity index (χ0n) is 20.4. The molecule has 1 atom stereocenters. The number of nitrogens with one attached hydrogen (secondary N) is 1. The molecule has 0 saturated carbocycles. The molecule has 1 heterocycles. The van der Waals surface area contributed by atoms with Gasteiger partial charge < -0.3 is 10.2 Å². The van der Waals surface area contributed by atoms with Crippen molar-refractivity contribution in [3.8, 4) is 0 Å². The van der Waals surface area contributed by atoms with E-state index in [4.69, 9.17) is 0 Å². The molecule has 1 unspecified atom stereocenters. The number of amides is 2. The minimum absolute atomic E-state index is 0.0140. The Kier molecular flexibility index (Phi) is 13.1. The summed E-state index contributed by atoms with van der Waals surface area (Å²) in [5, 5.41) is 3.07. The van der Waals surface area contributed by atoms with Gasteiger partial charge in [-0.05, 0) is 34.1 Å². The fourth-order valence-electron chi connectivity index (χ4n) is 4.66. The highest BCUT2D eigenvalue weighted by Crippen LogP contribution is 2.50. The van der Waals surface area contributed by atoms with Crippen molar-refractivity contribution in [3.63, 3.8) is 0 Å². The zero-order valence-corrected chi connectivity index (χ0v) is 21.2. The van der Waals surface area contributed by atoms with Crippen LogP contribution in [0.4, 0.5) is 0 Å². The maximum Gasteiger partial charge on any atom is 0.244 e. The normalized spacial score (nSPS) is 19.8. The molecule has 0 aromatic carbocycles. The van der Waals surface area contributed by atoms with E-state index in [1.165, 1.54) is 83.5 Å². The zero-order chi connectivity index (χ0) is 22.5. The van der Waals surface area contributed by atoms with Gasteiger partial charge in [0.05, 0.1) is 4.87 Å². The lowest BCUT2D eigenvalue weighted by Gasteiger charge is -2.31. The van der Waals surface area contributed by atoms with Gasteiger partial charge in [0.2, 0.25) is 12.3 Å². The lowest BCUT2D eigenvalue weighted by Crippen LogP contribution is -2.53. The van der Waals surface area contributed by atoms with Gasteiger partial charge in [-0.15, -0.1) is 11.8 Å². The van der Waals surface area contributed by atoms with E-state index >= 15 is 0 Å². The van der Waals surface area contributed by atoms with Crippen LogP contribution in [-0.4, -0.2) is 39.4 Å². The van der Waals surface area contributed by atoms with Crippen LogP contribution in [-0.2, 0) is 9.59 Å². The number of carbonyl (C=O) groups is 2. The Bertz CT molecular complexity index is 494. The number of hydrogen-bond donors (Lipinski definition) is 1. The molecule has 2 amide bonds. The van der Waals surface area contributed by atoms with E-state index in [0.717, 1.165) is 12.8 Å². The van der Waals surface area contributed by atoms with Gasteiger partial charge in [0.15, 0.2) is 0 Å². The third-order valence-corrected chi connectivity index (χ3v) is 7.72. The summed E-state index contributed by atoms with van der Waals surface area (Å²) in [4.78, 5) is 25.6. The predicted molar refractivity (Wildman–Crippen MR) is 131 cm³/mol. The van der Waals surface area contributed by atoms with Crippen LogP contribution in [0.5, 0.6) is 0 Å². The van der Waals surface area contributed by atoms with Gasteiger partial charge in [-0.25, -0.2) is 0 Å². The van der Waals surface area contributed by atoms with Crippen molar-refractivity contribution in [2.24, 2.45) is 0 Å². The molecule has 1 aliphatic heterocycles. The molecule has 0 radical (unpaired) electrons. The topological polar surface area (TPSA) is 49.4 Å². The average molecular weight is 441 g/mol. The second kappa shape index (κ2) is 14.4. The molecule has 4 nitrogen and oxygen atoms in total. The standard InChI is InChI=1S/C25H48N2O2S/c1-6-7-8-9-10-11-12-13-14-15-16-17-18-19-20-26-23(29)22-24(2,3)30-25(4,5)27(22)21-28/h21-22H,6-20H2,1-5H3,(H,26,29).